The van der Waals surface area contributed by atoms with Crippen LogP contribution in [-0.2, 0) is 23.1 Å². The first-order chi connectivity index (χ1) is 12.6. The van der Waals surface area contributed by atoms with E-state index in [1.54, 1.807) is 19.1 Å². The van der Waals surface area contributed by atoms with E-state index in [-0.39, 0.29) is 11.6 Å². The third-order valence-corrected chi connectivity index (χ3v) is 6.20. The van der Waals surface area contributed by atoms with Crippen LogP contribution >= 0.6 is 11.5 Å². The van der Waals surface area contributed by atoms with Gasteiger partial charge in [-0.3, -0.25) is 4.79 Å². The lowest BCUT2D eigenvalue weighted by molar-refractivity contribution is -0.127. The van der Waals surface area contributed by atoms with Gasteiger partial charge in [0.25, 0.3) is 0 Å². The number of carbonyl (C=O) groups is 1. The molecule has 1 heterocycles. The van der Waals surface area contributed by atoms with Gasteiger partial charge in [-0.15, -0.1) is 0 Å². The molecule has 3 nitrogen and oxygen atoms in total. The molecule has 0 saturated heterocycles. The number of aliphatic hydroxyl groups is 1. The van der Waals surface area contributed by atoms with Crippen LogP contribution in [0.4, 0.5) is 4.39 Å². The monoisotopic (exact) mass is 367 g/mol. The van der Waals surface area contributed by atoms with Crippen LogP contribution in [0.1, 0.15) is 21.6 Å². The maximum Gasteiger partial charge on any atom is 0.169 e. The summed E-state index contributed by atoms with van der Waals surface area (Å²) in [5.74, 6) is -0.599. The van der Waals surface area contributed by atoms with Crippen LogP contribution < -0.4 is 0 Å². The van der Waals surface area contributed by atoms with Crippen molar-refractivity contribution in [2.75, 3.05) is 6.61 Å². The fourth-order valence-corrected chi connectivity index (χ4v) is 4.95. The Balaban J connectivity index is 1.85. The van der Waals surface area contributed by atoms with Crippen LogP contribution in [0, 0.1) is 12.7 Å². The van der Waals surface area contributed by atoms with Crippen molar-refractivity contribution in [3.8, 4) is 11.3 Å². The average molecular weight is 367 g/mol. The highest BCUT2D eigenvalue weighted by molar-refractivity contribution is 7.06. The zero-order chi connectivity index (χ0) is 18.3. The van der Waals surface area contributed by atoms with Crippen molar-refractivity contribution in [2.45, 2.75) is 25.2 Å². The molecule has 0 bridgehead atoms. The topological polar surface area (TPSA) is 50.2 Å². The van der Waals surface area contributed by atoms with Gasteiger partial charge in [0.2, 0.25) is 0 Å². The van der Waals surface area contributed by atoms with E-state index in [0.29, 0.717) is 24.0 Å². The second kappa shape index (κ2) is 6.41. The predicted molar refractivity (Wildman–Crippen MR) is 99.9 cm³/mol. The molecule has 1 atom stereocenters. The van der Waals surface area contributed by atoms with E-state index in [4.69, 9.17) is 0 Å². The smallest absolute Gasteiger partial charge is 0.169 e. The van der Waals surface area contributed by atoms with Crippen molar-refractivity contribution in [1.82, 2.24) is 4.37 Å². The van der Waals surface area contributed by atoms with Crippen LogP contribution in [0.5, 0.6) is 0 Å². The summed E-state index contributed by atoms with van der Waals surface area (Å²) in [6.45, 7) is 1.14. The van der Waals surface area contributed by atoms with Crippen LogP contribution in [0.3, 0.4) is 0 Å². The number of fused-ring (bicyclic) bond motifs is 1. The first-order valence-electron chi connectivity index (χ1n) is 8.49. The van der Waals surface area contributed by atoms with Gasteiger partial charge in [-0.05, 0) is 47.6 Å². The van der Waals surface area contributed by atoms with Crippen molar-refractivity contribution in [2.24, 2.45) is 0 Å². The van der Waals surface area contributed by atoms with E-state index >= 15 is 0 Å². The molecular formula is C21H18FNO2S. The van der Waals surface area contributed by atoms with E-state index in [2.05, 4.69) is 4.37 Å². The second-order valence-corrected chi connectivity index (χ2v) is 7.59. The predicted octanol–water partition coefficient (Wildman–Crippen LogP) is 3.86. The molecule has 3 aromatic rings. The zero-order valence-electron chi connectivity index (χ0n) is 14.3. The summed E-state index contributed by atoms with van der Waals surface area (Å²) in [5.41, 5.74) is 3.14. The maximum atomic E-state index is 14.2. The highest BCUT2D eigenvalue weighted by atomic mass is 32.1. The number of hydrogen-bond acceptors (Lipinski definition) is 4. The molecule has 0 unspecified atom stereocenters. The quantitative estimate of drug-likeness (QED) is 0.762. The molecule has 1 N–H and O–H groups in total. The Labute approximate surface area is 155 Å². The molecule has 4 rings (SSSR count). The number of nitrogens with zero attached hydrogens (tertiary/aromatic N) is 1. The molecule has 0 spiro atoms. The van der Waals surface area contributed by atoms with E-state index in [1.165, 1.54) is 17.6 Å². The van der Waals surface area contributed by atoms with Gasteiger partial charge >= 0.3 is 0 Å². The van der Waals surface area contributed by atoms with Crippen LogP contribution in [-0.4, -0.2) is 21.9 Å². The molecule has 132 valence electrons. The van der Waals surface area contributed by atoms with Gasteiger partial charge in [-0.25, -0.2) is 4.39 Å². The first-order valence-corrected chi connectivity index (χ1v) is 9.27. The number of benzene rings is 2. The third-order valence-electron chi connectivity index (χ3n) is 5.32. The van der Waals surface area contributed by atoms with Crippen molar-refractivity contribution < 1.29 is 14.3 Å². The van der Waals surface area contributed by atoms with Gasteiger partial charge in [0.15, 0.2) is 5.78 Å². The Kier molecular flexibility index (Phi) is 4.21. The van der Waals surface area contributed by atoms with E-state index in [1.807, 2.05) is 30.3 Å². The van der Waals surface area contributed by atoms with Crippen LogP contribution in [0.25, 0.3) is 11.3 Å². The minimum absolute atomic E-state index is 0.270. The number of rotatable bonds is 4. The third kappa shape index (κ3) is 2.50. The Morgan fingerprint density at radius 2 is 1.96 bits per heavy atom. The van der Waals surface area contributed by atoms with Crippen molar-refractivity contribution in [1.29, 1.82) is 0 Å². The lowest BCUT2D eigenvalue weighted by Gasteiger charge is -2.29. The number of aromatic nitrogens is 1. The van der Waals surface area contributed by atoms with Crippen LogP contribution in [0.2, 0.25) is 0 Å². The summed E-state index contributed by atoms with van der Waals surface area (Å²) < 4.78 is 18.8. The Morgan fingerprint density at radius 3 is 2.69 bits per heavy atom. The molecule has 1 aromatic heterocycles. The van der Waals surface area contributed by atoms with E-state index < -0.39 is 12.0 Å². The molecule has 0 aliphatic heterocycles. The van der Waals surface area contributed by atoms with Gasteiger partial charge in [-0.2, -0.15) is 4.37 Å². The van der Waals surface area contributed by atoms with Gasteiger partial charge in [0.05, 0.1) is 11.1 Å². The summed E-state index contributed by atoms with van der Waals surface area (Å²) in [4.78, 5) is 13.9. The minimum atomic E-state index is -0.922. The largest absolute Gasteiger partial charge is 0.389 e. The lowest BCUT2D eigenvalue weighted by Crippen LogP contribution is -2.39. The molecule has 26 heavy (non-hydrogen) atoms. The Hall–Kier alpha value is -2.37. The summed E-state index contributed by atoms with van der Waals surface area (Å²) in [6, 6.07) is 14.7. The fraction of sp³-hybridized carbons (Fsp3) is 0.238. The number of halogens is 1. The molecule has 1 aliphatic carbocycles. The SMILES string of the molecule is Cc1c(F)cccc1[C@]1(C(=O)CO)Cc2snc(-c3ccccc3)c2C1. The molecule has 5 heteroatoms. The zero-order valence-corrected chi connectivity index (χ0v) is 15.1. The summed E-state index contributed by atoms with van der Waals surface area (Å²) in [6.07, 6.45) is 0.892. The van der Waals surface area contributed by atoms with Gasteiger partial charge in [-0.1, -0.05) is 42.5 Å². The molecule has 0 radical (unpaired) electrons. The minimum Gasteiger partial charge on any atom is -0.389 e. The number of ketones is 1. The highest BCUT2D eigenvalue weighted by Gasteiger charge is 2.47. The van der Waals surface area contributed by atoms with Gasteiger partial charge in [0, 0.05) is 16.9 Å². The van der Waals surface area contributed by atoms with E-state index in [9.17, 15) is 14.3 Å². The van der Waals surface area contributed by atoms with Crippen molar-refractivity contribution in [3.05, 3.63) is 75.9 Å². The van der Waals surface area contributed by atoms with Gasteiger partial charge < -0.3 is 5.11 Å². The average Bonchev–Trinajstić information content (AvgIpc) is 3.22. The number of carbonyl (C=O) groups excluding carboxylic acids is 1. The second-order valence-electron chi connectivity index (χ2n) is 6.73. The molecule has 2 aromatic carbocycles. The summed E-state index contributed by atoms with van der Waals surface area (Å²) >= 11 is 1.39. The normalized spacial score (nSPS) is 18.7. The first kappa shape index (κ1) is 17.1. The van der Waals surface area contributed by atoms with Gasteiger partial charge in [0.1, 0.15) is 12.4 Å². The van der Waals surface area contributed by atoms with Crippen LogP contribution in [0.15, 0.2) is 48.5 Å². The molecule has 0 saturated carbocycles. The standard InChI is InChI=1S/C21H18FNO2S/c1-13-16(8-5-9-17(13)22)21(19(25)12-24)10-15-18(11-21)26-23-20(15)14-6-3-2-4-7-14/h2-9,24H,10-12H2,1H3/t21-/m1/s1. The summed E-state index contributed by atoms with van der Waals surface area (Å²) in [5, 5.41) is 9.63. The number of aliphatic hydroxyl groups excluding tert-OH is 1. The number of hydrogen-bond donors (Lipinski definition) is 1. The van der Waals surface area contributed by atoms with E-state index in [0.717, 1.165) is 21.7 Å². The maximum absolute atomic E-state index is 14.2. The fourth-order valence-electron chi connectivity index (χ4n) is 3.94. The molecular weight excluding hydrogens is 349 g/mol. The van der Waals surface area contributed by atoms with Crippen molar-refractivity contribution in [3.63, 3.8) is 0 Å². The Bertz CT molecular complexity index is 983. The Morgan fingerprint density at radius 1 is 1.19 bits per heavy atom. The number of Topliss-reactive ketones (excluding diaryl/α,β-unsaturated/α-hetero) is 1. The molecule has 0 amide bonds. The summed E-state index contributed by atoms with van der Waals surface area (Å²) in [7, 11) is 0. The molecule has 1 aliphatic rings. The van der Waals surface area contributed by atoms with Crippen molar-refractivity contribution >= 4 is 17.3 Å². The molecule has 0 fully saturated rings. The lowest BCUT2D eigenvalue weighted by atomic mass is 9.72. The highest BCUT2D eigenvalue weighted by Crippen LogP contribution is 2.46.